The number of benzene rings is 1. The van der Waals surface area contributed by atoms with Crippen molar-refractivity contribution in [1.29, 1.82) is 0 Å². The Morgan fingerprint density at radius 3 is 2.70 bits per heavy atom. The summed E-state index contributed by atoms with van der Waals surface area (Å²) in [5.74, 6) is 4.64. The largest absolute Gasteiger partial charge is 0.478 e. The van der Waals surface area contributed by atoms with Gasteiger partial charge in [-0.2, -0.15) is 0 Å². The molecular weight excluding hydrogens is 282 g/mol. The van der Waals surface area contributed by atoms with Crippen LogP contribution >= 0.6 is 11.8 Å². The fourth-order valence-corrected chi connectivity index (χ4v) is 1.82. The summed E-state index contributed by atoms with van der Waals surface area (Å²) < 4.78 is 0. The Hall–Kier alpha value is -2.33. The zero-order chi connectivity index (χ0) is 15.1. The van der Waals surface area contributed by atoms with Crippen molar-refractivity contribution in [3.63, 3.8) is 0 Å². The normalized spacial score (nSPS) is 9.45. The fraction of sp³-hybridized carbons (Fsp3) is 0.231. The topological polar surface area (TPSA) is 97.5 Å². The molecule has 7 heteroatoms. The lowest BCUT2D eigenvalue weighted by atomic mass is 10.1. The van der Waals surface area contributed by atoms with Crippen molar-refractivity contribution in [2.24, 2.45) is 0 Å². The molecule has 1 aromatic rings. The summed E-state index contributed by atoms with van der Waals surface area (Å²) in [6.07, 6.45) is 0.419. The minimum Gasteiger partial charge on any atom is -0.478 e. The van der Waals surface area contributed by atoms with Gasteiger partial charge in [-0.3, -0.25) is 14.9 Å². The van der Waals surface area contributed by atoms with E-state index in [0.717, 1.165) is 17.8 Å². The maximum Gasteiger partial charge on any atom is 0.335 e. The molecule has 1 aromatic carbocycles. The molecule has 0 saturated carbocycles. The van der Waals surface area contributed by atoms with Crippen molar-refractivity contribution in [2.75, 3.05) is 5.75 Å². The van der Waals surface area contributed by atoms with E-state index >= 15 is 0 Å². The fourth-order valence-electron chi connectivity index (χ4n) is 1.32. The second-order valence-corrected chi connectivity index (χ2v) is 4.96. The highest BCUT2D eigenvalue weighted by molar-refractivity contribution is 8.13. The summed E-state index contributed by atoms with van der Waals surface area (Å²) in [6.45, 7) is 1.45. The van der Waals surface area contributed by atoms with Gasteiger partial charge in [-0.05, 0) is 12.1 Å². The van der Waals surface area contributed by atoms with Crippen molar-refractivity contribution in [2.45, 2.75) is 13.3 Å². The van der Waals surface area contributed by atoms with Crippen molar-refractivity contribution in [3.8, 4) is 11.8 Å². The first-order valence-corrected chi connectivity index (χ1v) is 6.54. The second kappa shape index (κ2) is 7.31. The van der Waals surface area contributed by atoms with Gasteiger partial charge in [-0.1, -0.05) is 23.6 Å². The number of carbonyl (C=O) groups is 2. The van der Waals surface area contributed by atoms with Gasteiger partial charge in [0.2, 0.25) is 0 Å². The second-order valence-electron chi connectivity index (χ2n) is 3.69. The minimum absolute atomic E-state index is 0.0106. The number of nitro groups is 1. The zero-order valence-electron chi connectivity index (χ0n) is 10.6. The number of nitrogens with zero attached hydrogens (tertiary/aromatic N) is 1. The molecule has 0 bridgehead atoms. The van der Waals surface area contributed by atoms with Crippen LogP contribution in [-0.2, 0) is 4.79 Å². The first-order chi connectivity index (χ1) is 9.41. The molecular formula is C13H11NO5S. The minimum atomic E-state index is -1.23. The molecule has 0 atom stereocenters. The number of rotatable bonds is 4. The molecule has 1 N–H and O–H groups in total. The molecule has 1 rings (SSSR count). The molecule has 0 aliphatic rings. The summed E-state index contributed by atoms with van der Waals surface area (Å²) in [6, 6.07) is 3.56. The molecule has 20 heavy (non-hydrogen) atoms. The van der Waals surface area contributed by atoms with Crippen LogP contribution in [0.1, 0.15) is 29.3 Å². The number of thioether (sulfide) groups is 1. The van der Waals surface area contributed by atoms with E-state index < -0.39 is 10.9 Å². The number of hydrogen-bond donors (Lipinski definition) is 1. The zero-order valence-corrected chi connectivity index (χ0v) is 11.4. The van der Waals surface area contributed by atoms with Crippen LogP contribution in [0.5, 0.6) is 0 Å². The lowest BCUT2D eigenvalue weighted by Crippen LogP contribution is -1.99. The average molecular weight is 293 g/mol. The van der Waals surface area contributed by atoms with E-state index in [2.05, 4.69) is 11.8 Å². The predicted octanol–water partition coefficient (Wildman–Crippen LogP) is 2.31. The number of hydrogen-bond acceptors (Lipinski definition) is 5. The number of carboxylic acid groups (broad SMARTS) is 1. The third-order valence-electron chi connectivity index (χ3n) is 2.20. The van der Waals surface area contributed by atoms with Crippen molar-refractivity contribution in [3.05, 3.63) is 39.4 Å². The van der Waals surface area contributed by atoms with Crippen LogP contribution in [0, 0.1) is 22.0 Å². The molecule has 0 aliphatic heterocycles. The number of aromatic carboxylic acids is 1. The van der Waals surface area contributed by atoms with Gasteiger partial charge < -0.3 is 5.11 Å². The maximum atomic E-state index is 10.9. The van der Waals surface area contributed by atoms with E-state index in [1.165, 1.54) is 19.1 Å². The van der Waals surface area contributed by atoms with Crippen LogP contribution < -0.4 is 0 Å². The van der Waals surface area contributed by atoms with Crippen LogP contribution in [0.4, 0.5) is 5.69 Å². The van der Waals surface area contributed by atoms with Crippen molar-refractivity contribution in [1.82, 2.24) is 0 Å². The first-order valence-electron chi connectivity index (χ1n) is 5.55. The first kappa shape index (κ1) is 15.7. The van der Waals surface area contributed by atoms with Crippen LogP contribution in [-0.4, -0.2) is 26.9 Å². The Morgan fingerprint density at radius 1 is 1.45 bits per heavy atom. The van der Waals surface area contributed by atoms with Crippen LogP contribution in [0.15, 0.2) is 18.2 Å². The quantitative estimate of drug-likeness (QED) is 0.396. The lowest BCUT2D eigenvalue weighted by molar-refractivity contribution is -0.385. The van der Waals surface area contributed by atoms with Gasteiger partial charge in [0, 0.05) is 25.2 Å². The molecule has 0 aromatic heterocycles. The van der Waals surface area contributed by atoms with E-state index in [4.69, 9.17) is 5.11 Å². The third-order valence-corrected chi connectivity index (χ3v) is 3.01. The summed E-state index contributed by atoms with van der Waals surface area (Å²) in [7, 11) is 0. The van der Waals surface area contributed by atoms with Gasteiger partial charge in [0.1, 0.15) is 5.56 Å². The molecule has 0 amide bonds. The van der Waals surface area contributed by atoms with Crippen LogP contribution in [0.3, 0.4) is 0 Å². The average Bonchev–Trinajstić information content (AvgIpc) is 2.37. The highest BCUT2D eigenvalue weighted by atomic mass is 32.2. The standard InChI is InChI=1S/C13H11NO5S/c1-9(15)20-7-3-2-4-10-5-6-11(13(16)17)8-12(10)14(18)19/h5-6,8H,3,7H2,1H3,(H,16,17). The van der Waals surface area contributed by atoms with Crippen LogP contribution in [0.25, 0.3) is 0 Å². The Kier molecular flexibility index (Phi) is 5.74. The Bertz CT molecular complexity index is 615. The molecule has 0 saturated heterocycles. The monoisotopic (exact) mass is 293 g/mol. The van der Waals surface area contributed by atoms with Crippen LogP contribution in [0.2, 0.25) is 0 Å². The molecule has 0 aliphatic carbocycles. The number of carboxylic acids is 1. The Morgan fingerprint density at radius 2 is 2.15 bits per heavy atom. The van der Waals surface area contributed by atoms with E-state index in [-0.39, 0.29) is 21.9 Å². The molecule has 0 fully saturated rings. The molecule has 0 unspecified atom stereocenters. The molecule has 6 nitrogen and oxygen atoms in total. The molecule has 104 valence electrons. The van der Waals surface area contributed by atoms with Gasteiger partial charge in [0.05, 0.1) is 10.5 Å². The van der Waals surface area contributed by atoms with E-state index in [9.17, 15) is 19.7 Å². The van der Waals surface area contributed by atoms with Crippen molar-refractivity contribution >= 4 is 28.5 Å². The molecule has 0 heterocycles. The summed E-state index contributed by atoms with van der Waals surface area (Å²) in [5, 5.41) is 19.6. The van der Waals surface area contributed by atoms with E-state index in [1.54, 1.807) is 0 Å². The smallest absolute Gasteiger partial charge is 0.335 e. The van der Waals surface area contributed by atoms with E-state index in [0.29, 0.717) is 12.2 Å². The van der Waals surface area contributed by atoms with Gasteiger partial charge in [-0.25, -0.2) is 4.79 Å². The van der Waals surface area contributed by atoms with Gasteiger partial charge >= 0.3 is 5.97 Å². The number of nitro benzene ring substituents is 1. The Balaban J connectivity index is 2.90. The number of carbonyl (C=O) groups excluding carboxylic acids is 1. The predicted molar refractivity (Wildman–Crippen MR) is 74.7 cm³/mol. The van der Waals surface area contributed by atoms with Gasteiger partial charge in [-0.15, -0.1) is 0 Å². The van der Waals surface area contributed by atoms with Gasteiger partial charge in [0.25, 0.3) is 5.69 Å². The third kappa shape index (κ3) is 4.74. The SMILES string of the molecule is CC(=O)SCCC#Cc1ccc(C(=O)O)cc1[N+](=O)[O-]. The highest BCUT2D eigenvalue weighted by Crippen LogP contribution is 2.19. The van der Waals surface area contributed by atoms with Gasteiger partial charge in [0.15, 0.2) is 5.12 Å². The Labute approximate surface area is 119 Å². The van der Waals surface area contributed by atoms with Crippen molar-refractivity contribution < 1.29 is 19.6 Å². The maximum absolute atomic E-state index is 10.9. The molecule has 0 spiro atoms. The summed E-state index contributed by atoms with van der Waals surface area (Å²) in [5.41, 5.74) is -0.334. The summed E-state index contributed by atoms with van der Waals surface area (Å²) in [4.78, 5) is 31.7. The lowest BCUT2D eigenvalue weighted by Gasteiger charge is -1.98. The molecule has 0 radical (unpaired) electrons. The summed E-state index contributed by atoms with van der Waals surface area (Å²) >= 11 is 1.13. The highest BCUT2D eigenvalue weighted by Gasteiger charge is 2.15. The van der Waals surface area contributed by atoms with E-state index in [1.807, 2.05) is 0 Å².